The van der Waals surface area contributed by atoms with Crippen LogP contribution < -0.4 is 0 Å². The highest BCUT2D eigenvalue weighted by atomic mass is 79.9. The summed E-state index contributed by atoms with van der Waals surface area (Å²) >= 11 is 3.32. The molecule has 11 heavy (non-hydrogen) atoms. The van der Waals surface area contributed by atoms with E-state index in [9.17, 15) is 0 Å². The number of aliphatic imine (C=N–C) groups is 1. The van der Waals surface area contributed by atoms with Crippen LogP contribution in [0.25, 0.3) is 0 Å². The lowest BCUT2D eigenvalue weighted by atomic mass is 10.3. The molecule has 0 spiro atoms. The van der Waals surface area contributed by atoms with Gasteiger partial charge < -0.3 is 4.74 Å². The lowest BCUT2D eigenvalue weighted by Gasteiger charge is -2.04. The Balaban J connectivity index is 4.47. The highest BCUT2D eigenvalue weighted by molar-refractivity contribution is 9.09. The van der Waals surface area contributed by atoms with Crippen LogP contribution in [0.2, 0.25) is 0 Å². The Bertz CT molecular complexity index is 185. The van der Waals surface area contributed by atoms with Gasteiger partial charge in [0.05, 0.1) is 7.11 Å². The topological polar surface area (TPSA) is 21.6 Å². The first-order valence-electron chi connectivity index (χ1n) is 3.24. The fourth-order valence-corrected chi connectivity index (χ4v) is 1.17. The Labute approximate surface area is 75.8 Å². The third-order valence-electron chi connectivity index (χ3n) is 1.17. The Morgan fingerprint density at radius 3 is 2.64 bits per heavy atom. The molecule has 0 radical (unpaired) electrons. The average Bonchev–Trinajstić information content (AvgIpc) is 2.05. The molecular weight excluding hydrogens is 206 g/mol. The zero-order chi connectivity index (χ0) is 8.69. The van der Waals surface area contributed by atoms with Gasteiger partial charge in [0.25, 0.3) is 0 Å². The van der Waals surface area contributed by atoms with Gasteiger partial charge in [-0.15, -0.1) is 0 Å². The third-order valence-corrected chi connectivity index (χ3v) is 1.77. The normalized spacial score (nSPS) is 13.0. The molecule has 0 aliphatic heterocycles. The second-order valence-electron chi connectivity index (χ2n) is 1.77. The molecule has 0 saturated carbocycles. The van der Waals surface area contributed by atoms with Crippen molar-refractivity contribution in [3.63, 3.8) is 0 Å². The molecule has 0 aliphatic carbocycles. The first kappa shape index (κ1) is 10.4. The zero-order valence-corrected chi connectivity index (χ0v) is 8.39. The average molecular weight is 218 g/mol. The van der Waals surface area contributed by atoms with Crippen molar-refractivity contribution in [2.24, 2.45) is 4.99 Å². The van der Waals surface area contributed by atoms with E-state index in [0.717, 1.165) is 10.9 Å². The highest BCUT2D eigenvalue weighted by Crippen LogP contribution is 2.03. The van der Waals surface area contributed by atoms with E-state index < -0.39 is 0 Å². The number of halogens is 1. The molecule has 0 N–H and O–H groups in total. The summed E-state index contributed by atoms with van der Waals surface area (Å²) in [6, 6.07) is 0. The maximum absolute atomic E-state index is 5.02. The fraction of sp³-hybridized carbons (Fsp3) is 0.375. The highest BCUT2D eigenvalue weighted by Gasteiger charge is 2.02. The Morgan fingerprint density at radius 1 is 1.73 bits per heavy atom. The van der Waals surface area contributed by atoms with Crippen LogP contribution in [0.4, 0.5) is 0 Å². The molecule has 0 aromatic heterocycles. The minimum atomic E-state index is 0.611. The van der Waals surface area contributed by atoms with Crippen LogP contribution in [0.15, 0.2) is 29.4 Å². The van der Waals surface area contributed by atoms with E-state index in [2.05, 4.69) is 27.5 Å². The van der Waals surface area contributed by atoms with Gasteiger partial charge >= 0.3 is 0 Å². The summed E-state index contributed by atoms with van der Waals surface area (Å²) in [7, 11) is 1.59. The fourth-order valence-electron chi connectivity index (χ4n) is 0.607. The number of nitrogens with zero attached hydrogens (tertiary/aromatic N) is 1. The van der Waals surface area contributed by atoms with Gasteiger partial charge in [-0.05, 0) is 6.92 Å². The van der Waals surface area contributed by atoms with E-state index in [-0.39, 0.29) is 0 Å². The largest absolute Gasteiger partial charge is 0.481 e. The van der Waals surface area contributed by atoms with Crippen molar-refractivity contribution >= 4 is 21.8 Å². The van der Waals surface area contributed by atoms with Crippen molar-refractivity contribution in [3.05, 3.63) is 24.4 Å². The second-order valence-corrected chi connectivity index (χ2v) is 2.33. The summed E-state index contributed by atoms with van der Waals surface area (Å²) in [6.07, 6.45) is 3.41. The Kier molecular flexibility index (Phi) is 5.84. The van der Waals surface area contributed by atoms with Crippen LogP contribution in [0, 0.1) is 0 Å². The van der Waals surface area contributed by atoms with Gasteiger partial charge in [0, 0.05) is 17.1 Å². The maximum atomic E-state index is 5.02. The molecule has 0 heterocycles. The van der Waals surface area contributed by atoms with Gasteiger partial charge in [-0.2, -0.15) is 0 Å². The standard InChI is InChI=1S/C8H12BrNO/c1-4-7(6-9)8(11-3)10-5-2/h4-5H,2,6H2,1,3H3/b7-4-,10-8?. The van der Waals surface area contributed by atoms with Gasteiger partial charge in [-0.3, -0.25) is 0 Å². The van der Waals surface area contributed by atoms with Crippen molar-refractivity contribution in [1.29, 1.82) is 0 Å². The van der Waals surface area contributed by atoms with Crippen LogP contribution in [0.1, 0.15) is 6.92 Å². The molecule has 0 rings (SSSR count). The van der Waals surface area contributed by atoms with E-state index in [0.29, 0.717) is 5.90 Å². The summed E-state index contributed by atoms with van der Waals surface area (Å²) in [5, 5.41) is 0.740. The number of alkyl halides is 1. The molecule has 0 amide bonds. The van der Waals surface area contributed by atoms with Crippen molar-refractivity contribution in [2.75, 3.05) is 12.4 Å². The minimum absolute atomic E-state index is 0.611. The molecule has 0 bridgehead atoms. The van der Waals surface area contributed by atoms with E-state index in [1.165, 1.54) is 6.20 Å². The molecule has 0 aromatic rings. The van der Waals surface area contributed by atoms with Crippen LogP contribution >= 0.6 is 15.9 Å². The van der Waals surface area contributed by atoms with Crippen LogP contribution in [-0.2, 0) is 4.74 Å². The summed E-state index contributed by atoms with van der Waals surface area (Å²) in [4.78, 5) is 3.94. The van der Waals surface area contributed by atoms with Crippen molar-refractivity contribution in [1.82, 2.24) is 0 Å². The summed E-state index contributed by atoms with van der Waals surface area (Å²) in [5.74, 6) is 0.611. The molecule has 0 unspecified atom stereocenters. The molecule has 0 aliphatic rings. The van der Waals surface area contributed by atoms with Crippen molar-refractivity contribution in [3.8, 4) is 0 Å². The predicted molar refractivity (Wildman–Crippen MR) is 52.2 cm³/mol. The number of ether oxygens (including phenoxy) is 1. The summed E-state index contributed by atoms with van der Waals surface area (Å²) in [5.41, 5.74) is 1.02. The molecule has 2 nitrogen and oxygen atoms in total. The number of hydrogen-bond acceptors (Lipinski definition) is 2. The lowest BCUT2D eigenvalue weighted by molar-refractivity contribution is 0.404. The zero-order valence-electron chi connectivity index (χ0n) is 6.80. The van der Waals surface area contributed by atoms with Gasteiger partial charge in [0.1, 0.15) is 0 Å². The first-order chi connectivity index (χ1) is 5.29. The summed E-state index contributed by atoms with van der Waals surface area (Å²) in [6.45, 7) is 5.43. The van der Waals surface area contributed by atoms with Crippen LogP contribution in [0.3, 0.4) is 0 Å². The number of hydrogen-bond donors (Lipinski definition) is 0. The van der Waals surface area contributed by atoms with Gasteiger partial charge in [-0.25, -0.2) is 4.99 Å². The molecular formula is C8H12BrNO. The van der Waals surface area contributed by atoms with Crippen LogP contribution in [-0.4, -0.2) is 18.3 Å². The number of allylic oxidation sites excluding steroid dienone is 1. The molecule has 0 aromatic carbocycles. The van der Waals surface area contributed by atoms with E-state index in [1.54, 1.807) is 7.11 Å². The molecule has 62 valence electrons. The smallest absolute Gasteiger partial charge is 0.216 e. The van der Waals surface area contributed by atoms with Gasteiger partial charge in [0.15, 0.2) is 0 Å². The van der Waals surface area contributed by atoms with Gasteiger partial charge in [0.2, 0.25) is 5.90 Å². The number of rotatable bonds is 3. The Morgan fingerprint density at radius 2 is 2.36 bits per heavy atom. The SMILES string of the molecule is C=CN=C(OC)/C(=C\C)CBr. The molecule has 3 heteroatoms. The monoisotopic (exact) mass is 217 g/mol. The van der Waals surface area contributed by atoms with Crippen molar-refractivity contribution in [2.45, 2.75) is 6.92 Å². The van der Waals surface area contributed by atoms with E-state index >= 15 is 0 Å². The minimum Gasteiger partial charge on any atom is -0.481 e. The van der Waals surface area contributed by atoms with E-state index in [4.69, 9.17) is 4.74 Å². The molecule has 0 atom stereocenters. The van der Waals surface area contributed by atoms with E-state index in [1.807, 2.05) is 13.0 Å². The second kappa shape index (κ2) is 6.16. The molecule has 0 fully saturated rings. The maximum Gasteiger partial charge on any atom is 0.216 e. The Hall–Kier alpha value is -0.570. The first-order valence-corrected chi connectivity index (χ1v) is 4.36. The van der Waals surface area contributed by atoms with Crippen molar-refractivity contribution < 1.29 is 4.74 Å². The lowest BCUT2D eigenvalue weighted by Crippen LogP contribution is -2.05. The molecule has 0 saturated heterocycles. The third kappa shape index (κ3) is 3.37. The quantitative estimate of drug-likeness (QED) is 0.405. The predicted octanol–water partition coefficient (Wildman–Crippen LogP) is 2.52. The summed E-state index contributed by atoms with van der Waals surface area (Å²) < 4.78 is 5.02. The van der Waals surface area contributed by atoms with Gasteiger partial charge in [-0.1, -0.05) is 28.6 Å². The van der Waals surface area contributed by atoms with Crippen LogP contribution in [0.5, 0.6) is 0 Å². The number of methoxy groups -OCH3 is 1.